The number of hydrogen-bond donors (Lipinski definition) is 0. The molecule has 0 saturated carbocycles. The van der Waals surface area contributed by atoms with E-state index >= 15 is 0 Å². The first kappa shape index (κ1) is 15.3. The van der Waals surface area contributed by atoms with Gasteiger partial charge in [-0.3, -0.25) is 9.59 Å². The van der Waals surface area contributed by atoms with Crippen molar-refractivity contribution in [1.29, 1.82) is 0 Å². The lowest BCUT2D eigenvalue weighted by Gasteiger charge is -2.28. The maximum absolute atomic E-state index is 12.3. The third kappa shape index (κ3) is 2.52. The van der Waals surface area contributed by atoms with Gasteiger partial charge >= 0.3 is 5.97 Å². The molecule has 0 aliphatic carbocycles. The fourth-order valence-corrected chi connectivity index (χ4v) is 3.12. The first-order chi connectivity index (χ1) is 10.9. The summed E-state index contributed by atoms with van der Waals surface area (Å²) in [7, 11) is 7.79. The molecule has 1 heterocycles. The molecule has 3 rings (SSSR count). The summed E-state index contributed by atoms with van der Waals surface area (Å²) < 4.78 is 5.36. The van der Waals surface area contributed by atoms with Crippen LogP contribution in [0.3, 0.4) is 0 Å². The summed E-state index contributed by atoms with van der Waals surface area (Å²) in [5, 5.41) is 1.96. The number of carbonyl (C=O) groups is 2. The van der Waals surface area contributed by atoms with Crippen molar-refractivity contribution in [2.45, 2.75) is 12.5 Å². The van der Waals surface area contributed by atoms with Crippen LogP contribution in [0, 0.1) is 0 Å². The summed E-state index contributed by atoms with van der Waals surface area (Å²) in [5.74, 6) is -0.636. The van der Waals surface area contributed by atoms with Gasteiger partial charge in [-0.15, -0.1) is 0 Å². The summed E-state index contributed by atoms with van der Waals surface area (Å²) in [4.78, 5) is 27.9. The second-order valence-electron chi connectivity index (χ2n) is 6.18. The Labute approximate surface area is 135 Å². The van der Waals surface area contributed by atoms with Gasteiger partial charge < -0.3 is 14.5 Å². The summed E-state index contributed by atoms with van der Waals surface area (Å²) in [6.45, 7) is 0. The Morgan fingerprint density at radius 3 is 2.30 bits per heavy atom. The molecule has 0 aromatic heterocycles. The largest absolute Gasteiger partial charge is 0.449 e. The summed E-state index contributed by atoms with van der Waals surface area (Å²) in [6.07, 6.45) is -0.984. The SMILES string of the molecule is CN(C)c1cc2ccccc2c(C2OC(=O)CC2=O)c1N(C)C. The van der Waals surface area contributed by atoms with Gasteiger partial charge in [0.2, 0.25) is 0 Å². The second-order valence-corrected chi connectivity index (χ2v) is 6.18. The van der Waals surface area contributed by atoms with E-state index in [1.54, 1.807) is 0 Å². The van der Waals surface area contributed by atoms with Crippen molar-refractivity contribution >= 4 is 33.9 Å². The van der Waals surface area contributed by atoms with Crippen LogP contribution in [0.5, 0.6) is 0 Å². The number of Topliss-reactive ketones (excluding diaryl/α,β-unsaturated/α-hetero) is 1. The van der Waals surface area contributed by atoms with Crippen molar-refractivity contribution in [3.63, 3.8) is 0 Å². The van der Waals surface area contributed by atoms with Gasteiger partial charge in [0.05, 0.1) is 11.4 Å². The van der Waals surface area contributed by atoms with Crippen LogP contribution in [0.2, 0.25) is 0 Å². The minimum absolute atomic E-state index is 0.155. The Bertz CT molecular complexity index is 796. The number of anilines is 2. The van der Waals surface area contributed by atoms with E-state index in [2.05, 4.69) is 6.07 Å². The van der Waals surface area contributed by atoms with Crippen LogP contribution < -0.4 is 9.80 Å². The highest BCUT2D eigenvalue weighted by molar-refractivity contribution is 6.08. The molecule has 5 nitrogen and oxygen atoms in total. The number of ketones is 1. The van der Waals surface area contributed by atoms with Crippen LogP contribution >= 0.6 is 0 Å². The molecule has 2 aromatic carbocycles. The minimum Gasteiger partial charge on any atom is -0.449 e. The fourth-order valence-electron chi connectivity index (χ4n) is 3.12. The Balaban J connectivity index is 2.38. The molecule has 5 heteroatoms. The predicted molar refractivity (Wildman–Crippen MR) is 91.1 cm³/mol. The Hall–Kier alpha value is -2.56. The van der Waals surface area contributed by atoms with Crippen molar-refractivity contribution in [3.05, 3.63) is 35.9 Å². The molecule has 0 amide bonds. The van der Waals surface area contributed by atoms with Gasteiger partial charge in [0.1, 0.15) is 6.42 Å². The number of rotatable bonds is 3. The second kappa shape index (κ2) is 5.57. The number of ether oxygens (including phenoxy) is 1. The molecule has 120 valence electrons. The molecule has 2 aromatic rings. The molecular weight excluding hydrogens is 292 g/mol. The van der Waals surface area contributed by atoms with E-state index in [1.807, 2.05) is 62.3 Å². The number of nitrogens with zero attached hydrogens (tertiary/aromatic N) is 2. The standard InChI is InChI=1S/C18H20N2O3/c1-19(2)13-9-11-7-5-6-8-12(11)16(17(13)20(3)4)18-14(21)10-15(22)23-18/h5-9,18H,10H2,1-4H3. The first-order valence-electron chi connectivity index (χ1n) is 7.52. The van der Waals surface area contributed by atoms with E-state index in [4.69, 9.17) is 4.74 Å². The average molecular weight is 312 g/mol. The summed E-state index contributed by atoms with van der Waals surface area (Å²) in [6, 6.07) is 9.96. The number of fused-ring (bicyclic) bond motifs is 1. The predicted octanol–water partition coefficient (Wildman–Crippen LogP) is 2.53. The van der Waals surface area contributed by atoms with Crippen LogP contribution in [0.1, 0.15) is 18.1 Å². The number of hydrogen-bond acceptors (Lipinski definition) is 5. The van der Waals surface area contributed by atoms with E-state index in [0.29, 0.717) is 0 Å². The molecule has 1 fully saturated rings. The van der Waals surface area contributed by atoms with Crippen molar-refractivity contribution in [2.75, 3.05) is 38.0 Å². The molecule has 0 bridgehead atoms. The third-order valence-electron chi connectivity index (χ3n) is 4.09. The van der Waals surface area contributed by atoms with Gasteiger partial charge in [0, 0.05) is 33.8 Å². The molecule has 1 saturated heterocycles. The highest BCUT2D eigenvalue weighted by Gasteiger charge is 2.37. The van der Waals surface area contributed by atoms with Crippen molar-refractivity contribution in [3.8, 4) is 0 Å². The Morgan fingerprint density at radius 2 is 1.74 bits per heavy atom. The Kier molecular flexibility index (Phi) is 3.72. The first-order valence-corrected chi connectivity index (χ1v) is 7.52. The van der Waals surface area contributed by atoms with Crippen LogP contribution in [0.25, 0.3) is 10.8 Å². The molecule has 1 aliphatic heterocycles. The molecular formula is C18H20N2O3. The van der Waals surface area contributed by atoms with Crippen molar-refractivity contribution in [1.82, 2.24) is 0 Å². The highest BCUT2D eigenvalue weighted by Crippen LogP contribution is 2.43. The highest BCUT2D eigenvalue weighted by atomic mass is 16.6. The van der Waals surface area contributed by atoms with Gasteiger partial charge in [0.15, 0.2) is 11.9 Å². The van der Waals surface area contributed by atoms with E-state index < -0.39 is 12.1 Å². The quantitative estimate of drug-likeness (QED) is 0.644. The maximum atomic E-state index is 12.3. The van der Waals surface area contributed by atoms with E-state index in [-0.39, 0.29) is 12.2 Å². The maximum Gasteiger partial charge on any atom is 0.314 e. The lowest BCUT2D eigenvalue weighted by molar-refractivity contribution is -0.142. The number of cyclic esters (lactones) is 1. The van der Waals surface area contributed by atoms with Crippen LogP contribution in [-0.2, 0) is 14.3 Å². The molecule has 1 unspecified atom stereocenters. The zero-order valence-electron chi connectivity index (χ0n) is 13.8. The smallest absolute Gasteiger partial charge is 0.314 e. The average Bonchev–Trinajstić information content (AvgIpc) is 2.83. The third-order valence-corrected chi connectivity index (χ3v) is 4.09. The lowest BCUT2D eigenvalue weighted by atomic mass is 9.94. The van der Waals surface area contributed by atoms with Gasteiger partial charge in [-0.25, -0.2) is 0 Å². The molecule has 1 atom stereocenters. The molecule has 0 radical (unpaired) electrons. The van der Waals surface area contributed by atoms with Crippen LogP contribution in [0.15, 0.2) is 30.3 Å². The van der Waals surface area contributed by atoms with Crippen molar-refractivity contribution < 1.29 is 14.3 Å². The molecule has 0 N–H and O–H groups in total. The fraction of sp³-hybridized carbons (Fsp3) is 0.333. The topological polar surface area (TPSA) is 49.9 Å². The van der Waals surface area contributed by atoms with E-state index in [0.717, 1.165) is 27.7 Å². The van der Waals surface area contributed by atoms with Crippen LogP contribution in [-0.4, -0.2) is 39.9 Å². The number of benzene rings is 2. The normalized spacial score (nSPS) is 17.5. The number of esters is 1. The van der Waals surface area contributed by atoms with Gasteiger partial charge in [-0.2, -0.15) is 0 Å². The minimum atomic E-state index is -0.829. The lowest BCUT2D eigenvalue weighted by Crippen LogP contribution is -2.21. The Morgan fingerprint density at radius 1 is 1.04 bits per heavy atom. The molecule has 23 heavy (non-hydrogen) atoms. The number of carbonyl (C=O) groups excluding carboxylic acids is 2. The molecule has 1 aliphatic rings. The zero-order valence-corrected chi connectivity index (χ0v) is 13.8. The van der Waals surface area contributed by atoms with Crippen molar-refractivity contribution in [2.24, 2.45) is 0 Å². The zero-order chi connectivity index (χ0) is 16.7. The summed E-state index contributed by atoms with van der Waals surface area (Å²) in [5.41, 5.74) is 2.66. The van der Waals surface area contributed by atoms with E-state index in [1.165, 1.54) is 0 Å². The van der Waals surface area contributed by atoms with Crippen LogP contribution in [0.4, 0.5) is 11.4 Å². The van der Waals surface area contributed by atoms with E-state index in [9.17, 15) is 9.59 Å². The monoisotopic (exact) mass is 312 g/mol. The van der Waals surface area contributed by atoms with Gasteiger partial charge in [-0.05, 0) is 16.8 Å². The summed E-state index contributed by atoms with van der Waals surface area (Å²) >= 11 is 0. The molecule has 0 spiro atoms. The van der Waals surface area contributed by atoms with Gasteiger partial charge in [-0.1, -0.05) is 24.3 Å². The van der Waals surface area contributed by atoms with Gasteiger partial charge in [0.25, 0.3) is 0 Å².